The summed E-state index contributed by atoms with van der Waals surface area (Å²) in [5, 5.41) is 1.99. The highest BCUT2D eigenvalue weighted by Gasteiger charge is 2.30. The first-order valence-corrected chi connectivity index (χ1v) is 11.4. The Bertz CT molecular complexity index is 1030. The van der Waals surface area contributed by atoms with E-state index in [4.69, 9.17) is 0 Å². The molecular weight excluding hydrogens is 390 g/mol. The Labute approximate surface area is 170 Å². The molecule has 6 heteroatoms. The van der Waals surface area contributed by atoms with Gasteiger partial charge in [-0.1, -0.05) is 48.5 Å². The normalized spacial score (nSPS) is 12.8. The third-order valence-electron chi connectivity index (χ3n) is 4.60. The summed E-state index contributed by atoms with van der Waals surface area (Å²) in [6, 6.07) is 19.6. The second-order valence-electron chi connectivity index (χ2n) is 6.75. The van der Waals surface area contributed by atoms with E-state index in [9.17, 15) is 13.2 Å². The monoisotopic (exact) mass is 413 g/mol. The molecule has 1 heterocycles. The molecule has 1 atom stereocenters. The Morgan fingerprint density at radius 2 is 1.79 bits per heavy atom. The number of sulfonamides is 1. The highest BCUT2D eigenvalue weighted by atomic mass is 32.2. The highest BCUT2D eigenvalue weighted by Crippen LogP contribution is 2.25. The zero-order valence-corrected chi connectivity index (χ0v) is 17.5. The van der Waals surface area contributed by atoms with E-state index < -0.39 is 10.0 Å². The predicted molar refractivity (Wildman–Crippen MR) is 113 cm³/mol. The lowest BCUT2D eigenvalue weighted by Crippen LogP contribution is -2.39. The van der Waals surface area contributed by atoms with Crippen LogP contribution < -0.4 is 0 Å². The van der Waals surface area contributed by atoms with Crippen LogP contribution in [-0.2, 0) is 23.0 Å². The van der Waals surface area contributed by atoms with Gasteiger partial charge in [-0.25, -0.2) is 8.42 Å². The van der Waals surface area contributed by atoms with Gasteiger partial charge >= 0.3 is 0 Å². The SMILES string of the molecule is CC(=O)c1cccc(S(=O)(=O)N(Cc2ccccc2)[C@@H](C)Cc2cccs2)c1. The van der Waals surface area contributed by atoms with Gasteiger partial charge in [-0.15, -0.1) is 11.3 Å². The lowest BCUT2D eigenvalue weighted by Gasteiger charge is -2.28. The first-order chi connectivity index (χ1) is 13.4. The molecule has 0 spiro atoms. The van der Waals surface area contributed by atoms with Crippen LogP contribution in [0.3, 0.4) is 0 Å². The Morgan fingerprint density at radius 3 is 2.43 bits per heavy atom. The molecule has 4 nitrogen and oxygen atoms in total. The summed E-state index contributed by atoms with van der Waals surface area (Å²) in [7, 11) is -3.77. The van der Waals surface area contributed by atoms with Gasteiger partial charge in [0.2, 0.25) is 10.0 Å². The average molecular weight is 414 g/mol. The topological polar surface area (TPSA) is 54.5 Å². The minimum atomic E-state index is -3.77. The Morgan fingerprint density at radius 1 is 1.04 bits per heavy atom. The van der Waals surface area contributed by atoms with Gasteiger partial charge < -0.3 is 0 Å². The maximum Gasteiger partial charge on any atom is 0.243 e. The second-order valence-corrected chi connectivity index (χ2v) is 9.68. The molecule has 0 bridgehead atoms. The summed E-state index contributed by atoms with van der Waals surface area (Å²) in [4.78, 5) is 13.0. The van der Waals surface area contributed by atoms with Crippen molar-refractivity contribution in [3.63, 3.8) is 0 Å². The fraction of sp³-hybridized carbons (Fsp3) is 0.227. The average Bonchev–Trinajstić information content (AvgIpc) is 3.19. The number of Topliss-reactive ketones (excluding diaryl/α,β-unsaturated/α-hetero) is 1. The summed E-state index contributed by atoms with van der Waals surface area (Å²) >= 11 is 1.62. The van der Waals surface area contributed by atoms with Crippen LogP contribution in [0.15, 0.2) is 77.0 Å². The minimum absolute atomic E-state index is 0.147. The van der Waals surface area contributed by atoms with Crippen LogP contribution in [0.1, 0.15) is 34.6 Å². The van der Waals surface area contributed by atoms with Crippen molar-refractivity contribution in [1.29, 1.82) is 0 Å². The van der Waals surface area contributed by atoms with Crippen molar-refractivity contribution in [2.75, 3.05) is 0 Å². The molecule has 1 aromatic heterocycles. The van der Waals surface area contributed by atoms with Crippen molar-refractivity contribution >= 4 is 27.1 Å². The van der Waals surface area contributed by atoms with Gasteiger partial charge in [-0.3, -0.25) is 4.79 Å². The summed E-state index contributed by atoms with van der Waals surface area (Å²) < 4.78 is 28.5. The lowest BCUT2D eigenvalue weighted by atomic mass is 10.1. The second kappa shape index (κ2) is 8.82. The van der Waals surface area contributed by atoms with Crippen molar-refractivity contribution < 1.29 is 13.2 Å². The van der Waals surface area contributed by atoms with Crippen LogP contribution in [0.2, 0.25) is 0 Å². The standard InChI is InChI=1S/C22H23NO3S2/c1-17(14-21-11-7-13-27-21)23(16-19-8-4-3-5-9-19)28(25,26)22-12-6-10-20(15-22)18(2)24/h3-13,15,17H,14,16H2,1-2H3/t17-/m0/s1. The number of carbonyl (C=O) groups excluding carboxylic acids is 1. The van der Waals surface area contributed by atoms with Gasteiger partial charge in [0.15, 0.2) is 5.78 Å². The molecule has 0 saturated heterocycles. The lowest BCUT2D eigenvalue weighted by molar-refractivity contribution is 0.101. The van der Waals surface area contributed by atoms with Crippen LogP contribution in [0.5, 0.6) is 0 Å². The van der Waals surface area contributed by atoms with E-state index >= 15 is 0 Å². The van der Waals surface area contributed by atoms with Gasteiger partial charge in [0.1, 0.15) is 0 Å². The Hall–Kier alpha value is -2.28. The Balaban J connectivity index is 1.98. The number of nitrogens with zero attached hydrogens (tertiary/aromatic N) is 1. The molecule has 0 radical (unpaired) electrons. The molecule has 2 aromatic carbocycles. The first-order valence-electron chi connectivity index (χ1n) is 9.07. The van der Waals surface area contributed by atoms with Crippen LogP contribution in [-0.4, -0.2) is 24.5 Å². The highest BCUT2D eigenvalue weighted by molar-refractivity contribution is 7.89. The summed E-state index contributed by atoms with van der Waals surface area (Å²) in [5.74, 6) is -0.154. The Kier molecular flexibility index (Phi) is 6.44. The number of carbonyl (C=O) groups is 1. The minimum Gasteiger partial charge on any atom is -0.295 e. The van der Waals surface area contributed by atoms with Gasteiger partial charge in [0.25, 0.3) is 0 Å². The molecule has 0 fully saturated rings. The molecule has 0 aliphatic heterocycles. The smallest absolute Gasteiger partial charge is 0.243 e. The third-order valence-corrected chi connectivity index (χ3v) is 7.45. The number of benzene rings is 2. The van der Waals surface area contributed by atoms with E-state index in [2.05, 4.69) is 0 Å². The molecule has 0 N–H and O–H groups in total. The predicted octanol–water partition coefficient (Wildman–Crippen LogP) is 4.77. The molecule has 0 aliphatic rings. The van der Waals surface area contributed by atoms with Gasteiger partial charge in [-0.2, -0.15) is 4.31 Å². The maximum absolute atomic E-state index is 13.5. The zero-order chi connectivity index (χ0) is 20.1. The van der Waals surface area contributed by atoms with Gasteiger partial charge in [-0.05, 0) is 49.4 Å². The van der Waals surface area contributed by atoms with E-state index in [0.29, 0.717) is 12.0 Å². The van der Waals surface area contributed by atoms with Gasteiger partial charge in [0, 0.05) is 23.0 Å². The molecule has 0 amide bonds. The molecule has 146 valence electrons. The van der Waals surface area contributed by atoms with E-state index in [1.807, 2.05) is 54.8 Å². The number of rotatable bonds is 8. The number of hydrogen-bond donors (Lipinski definition) is 0. The quantitative estimate of drug-likeness (QED) is 0.500. The third kappa shape index (κ3) is 4.76. The molecule has 28 heavy (non-hydrogen) atoms. The number of ketones is 1. The molecule has 0 saturated carbocycles. The van der Waals surface area contributed by atoms with Crippen molar-refractivity contribution in [1.82, 2.24) is 4.31 Å². The molecular formula is C22H23NO3S2. The van der Waals surface area contributed by atoms with Crippen LogP contribution in [0.4, 0.5) is 0 Å². The molecule has 0 aliphatic carbocycles. The zero-order valence-electron chi connectivity index (χ0n) is 15.9. The van der Waals surface area contributed by atoms with Crippen molar-refractivity contribution in [2.45, 2.75) is 37.8 Å². The van der Waals surface area contributed by atoms with Crippen LogP contribution >= 0.6 is 11.3 Å². The van der Waals surface area contributed by atoms with Gasteiger partial charge in [0.05, 0.1) is 4.90 Å². The van der Waals surface area contributed by atoms with Crippen molar-refractivity contribution in [3.8, 4) is 0 Å². The molecule has 3 aromatic rings. The fourth-order valence-corrected chi connectivity index (χ4v) is 5.56. The van der Waals surface area contributed by atoms with Crippen molar-refractivity contribution in [3.05, 3.63) is 88.1 Å². The van der Waals surface area contributed by atoms with E-state index in [1.54, 1.807) is 29.5 Å². The summed E-state index contributed by atoms with van der Waals surface area (Å²) in [5.41, 5.74) is 1.32. The number of thiophene rings is 1. The van der Waals surface area contributed by atoms with Crippen LogP contribution in [0, 0.1) is 0 Å². The molecule has 0 unspecified atom stereocenters. The van der Waals surface area contributed by atoms with E-state index in [-0.39, 0.29) is 23.3 Å². The maximum atomic E-state index is 13.5. The first kappa shape index (κ1) is 20.5. The van der Waals surface area contributed by atoms with Crippen molar-refractivity contribution in [2.24, 2.45) is 0 Å². The largest absolute Gasteiger partial charge is 0.295 e. The fourth-order valence-electron chi connectivity index (χ4n) is 3.07. The van der Waals surface area contributed by atoms with Crippen LogP contribution in [0.25, 0.3) is 0 Å². The van der Waals surface area contributed by atoms with E-state index in [1.165, 1.54) is 17.3 Å². The van der Waals surface area contributed by atoms with E-state index in [0.717, 1.165) is 10.4 Å². The molecule has 3 rings (SSSR count). The number of hydrogen-bond acceptors (Lipinski definition) is 4. The summed E-state index contributed by atoms with van der Waals surface area (Å²) in [6.45, 7) is 3.64. The summed E-state index contributed by atoms with van der Waals surface area (Å²) in [6.07, 6.45) is 0.635.